The molecule has 0 spiro atoms. The van der Waals surface area contributed by atoms with Crippen molar-refractivity contribution in [1.29, 1.82) is 0 Å². The lowest BCUT2D eigenvalue weighted by molar-refractivity contribution is 0.00578. The molecule has 0 atom stereocenters. The zero-order valence-corrected chi connectivity index (χ0v) is 23.6. The Labute approximate surface area is 217 Å². The fraction of sp³-hybridized carbons (Fsp3) is 0.741. The minimum absolute atomic E-state index is 0.233. The lowest BCUT2D eigenvalue weighted by Crippen LogP contribution is -2.50. The van der Waals surface area contributed by atoms with Gasteiger partial charge < -0.3 is 29.2 Å². The minimum Gasteiger partial charge on any atom is -0.444 e. The normalized spacial score (nSPS) is 22.7. The Morgan fingerprint density at radius 3 is 2.14 bits per heavy atom. The number of anilines is 1. The third kappa shape index (κ3) is 6.01. The largest absolute Gasteiger partial charge is 0.495 e. The maximum Gasteiger partial charge on any atom is 0.495 e. The molecule has 1 aromatic carbocycles. The van der Waals surface area contributed by atoms with Gasteiger partial charge in [0.15, 0.2) is 0 Å². The van der Waals surface area contributed by atoms with Gasteiger partial charge in [0, 0.05) is 64.6 Å². The zero-order chi connectivity index (χ0) is 26.3. The highest BCUT2D eigenvalue weighted by Gasteiger charge is 2.52. The van der Waals surface area contributed by atoms with Gasteiger partial charge in [0.1, 0.15) is 5.60 Å². The quantitative estimate of drug-likeness (QED) is 0.638. The Kier molecular flexibility index (Phi) is 7.69. The summed E-state index contributed by atoms with van der Waals surface area (Å²) < 4.78 is 18.5. The van der Waals surface area contributed by atoms with E-state index in [-0.39, 0.29) is 6.09 Å². The van der Waals surface area contributed by atoms with E-state index in [9.17, 15) is 4.79 Å². The number of rotatable bonds is 4. The Morgan fingerprint density at radius 1 is 1.00 bits per heavy atom. The fourth-order valence-electron chi connectivity index (χ4n) is 4.93. The number of hydrogen-bond acceptors (Lipinski definition) is 7. The van der Waals surface area contributed by atoms with Crippen LogP contribution < -0.4 is 15.7 Å². The molecule has 8 nitrogen and oxygen atoms in total. The van der Waals surface area contributed by atoms with E-state index in [1.54, 1.807) is 0 Å². The van der Waals surface area contributed by atoms with Gasteiger partial charge in [-0.05, 0) is 84.1 Å². The molecule has 0 unspecified atom stereocenters. The topological polar surface area (TPSA) is 66.5 Å². The van der Waals surface area contributed by atoms with Gasteiger partial charge in [-0.2, -0.15) is 0 Å². The Balaban J connectivity index is 1.58. The molecule has 36 heavy (non-hydrogen) atoms. The van der Waals surface area contributed by atoms with Crippen molar-refractivity contribution in [2.45, 2.75) is 78.7 Å². The van der Waals surface area contributed by atoms with Gasteiger partial charge in [0.25, 0.3) is 0 Å². The molecule has 4 rings (SSSR count). The number of carbonyl (C=O) groups is 1. The first-order valence-electron chi connectivity index (χ1n) is 13.4. The van der Waals surface area contributed by atoms with Gasteiger partial charge in [-0.25, -0.2) is 4.79 Å². The first-order valence-corrected chi connectivity index (χ1v) is 13.4. The fourth-order valence-corrected chi connectivity index (χ4v) is 4.93. The van der Waals surface area contributed by atoms with Crippen LogP contribution >= 0.6 is 0 Å². The monoisotopic (exact) mass is 500 g/mol. The second-order valence-electron chi connectivity index (χ2n) is 12.4. The van der Waals surface area contributed by atoms with Crippen molar-refractivity contribution in [2.75, 3.05) is 57.3 Å². The van der Waals surface area contributed by atoms with Crippen LogP contribution in [0.4, 0.5) is 10.5 Å². The number of amides is 1. The lowest BCUT2D eigenvalue weighted by atomic mass is 9.74. The van der Waals surface area contributed by atoms with E-state index in [2.05, 4.69) is 61.9 Å². The van der Waals surface area contributed by atoms with Crippen molar-refractivity contribution < 1.29 is 18.8 Å². The highest BCUT2D eigenvalue weighted by Crippen LogP contribution is 2.37. The van der Waals surface area contributed by atoms with Gasteiger partial charge in [-0.1, -0.05) is 0 Å². The Hall–Kier alpha value is -1.81. The molecule has 0 aromatic heterocycles. The molecule has 1 amide bonds. The van der Waals surface area contributed by atoms with Gasteiger partial charge in [-0.3, -0.25) is 4.90 Å². The smallest absolute Gasteiger partial charge is 0.444 e. The SMILES string of the molecule is Cc1c(CN2CCNCC2)cc(N2CCN(C(=O)OC(C)(C)C)CC2)cc1B1OC(C)(C)C(C)(C)O1. The molecule has 0 bridgehead atoms. The highest BCUT2D eigenvalue weighted by molar-refractivity contribution is 6.62. The van der Waals surface area contributed by atoms with Crippen LogP contribution in [0.5, 0.6) is 0 Å². The van der Waals surface area contributed by atoms with Gasteiger partial charge >= 0.3 is 13.2 Å². The molecule has 200 valence electrons. The molecule has 0 saturated carbocycles. The van der Waals surface area contributed by atoms with Crippen molar-refractivity contribution in [3.8, 4) is 0 Å². The van der Waals surface area contributed by atoms with E-state index < -0.39 is 23.9 Å². The molecule has 3 aliphatic heterocycles. The predicted molar refractivity (Wildman–Crippen MR) is 145 cm³/mol. The molecular formula is C27H45BN4O4. The molecule has 1 aromatic rings. The van der Waals surface area contributed by atoms with Crippen molar-refractivity contribution >= 4 is 24.4 Å². The molecule has 0 radical (unpaired) electrons. The number of piperazine rings is 2. The number of hydrogen-bond donors (Lipinski definition) is 1. The second kappa shape index (κ2) is 10.2. The summed E-state index contributed by atoms with van der Waals surface area (Å²) in [4.78, 5) is 19.3. The maximum atomic E-state index is 12.6. The van der Waals surface area contributed by atoms with Crippen molar-refractivity contribution in [3.05, 3.63) is 23.3 Å². The van der Waals surface area contributed by atoms with E-state index in [1.165, 1.54) is 16.8 Å². The summed E-state index contributed by atoms with van der Waals surface area (Å²) >= 11 is 0. The van der Waals surface area contributed by atoms with Crippen LogP contribution in [0.15, 0.2) is 12.1 Å². The maximum absolute atomic E-state index is 12.6. The minimum atomic E-state index is -0.484. The van der Waals surface area contributed by atoms with E-state index in [0.717, 1.165) is 51.3 Å². The number of benzene rings is 1. The molecule has 1 N–H and O–H groups in total. The number of carbonyl (C=O) groups excluding carboxylic acids is 1. The van der Waals surface area contributed by atoms with E-state index in [0.29, 0.717) is 13.1 Å². The Bertz CT molecular complexity index is 932. The highest BCUT2D eigenvalue weighted by atomic mass is 16.7. The number of nitrogens with one attached hydrogen (secondary N) is 1. The van der Waals surface area contributed by atoms with E-state index in [1.807, 2.05) is 25.7 Å². The third-order valence-corrected chi connectivity index (χ3v) is 7.95. The average Bonchev–Trinajstić information content (AvgIpc) is 3.01. The number of ether oxygens (including phenoxy) is 1. The molecule has 3 heterocycles. The summed E-state index contributed by atoms with van der Waals surface area (Å²) in [7, 11) is -0.403. The average molecular weight is 500 g/mol. The van der Waals surface area contributed by atoms with Gasteiger partial charge in [0.05, 0.1) is 11.2 Å². The second-order valence-corrected chi connectivity index (χ2v) is 12.4. The summed E-state index contributed by atoms with van der Waals surface area (Å²) in [5, 5.41) is 3.45. The van der Waals surface area contributed by atoms with Crippen LogP contribution in [0.2, 0.25) is 0 Å². The lowest BCUT2D eigenvalue weighted by Gasteiger charge is -2.37. The van der Waals surface area contributed by atoms with Crippen LogP contribution in [-0.4, -0.2) is 92.2 Å². The van der Waals surface area contributed by atoms with Crippen LogP contribution in [0.25, 0.3) is 0 Å². The van der Waals surface area contributed by atoms with E-state index >= 15 is 0 Å². The Morgan fingerprint density at radius 2 is 1.58 bits per heavy atom. The van der Waals surface area contributed by atoms with Crippen LogP contribution in [0, 0.1) is 6.92 Å². The number of nitrogens with zero attached hydrogens (tertiary/aromatic N) is 3. The summed E-state index contributed by atoms with van der Waals surface area (Å²) in [5.41, 5.74) is 3.55. The van der Waals surface area contributed by atoms with Crippen molar-refractivity contribution in [1.82, 2.24) is 15.1 Å². The van der Waals surface area contributed by atoms with Gasteiger partial charge in [-0.15, -0.1) is 0 Å². The van der Waals surface area contributed by atoms with Crippen molar-refractivity contribution in [2.24, 2.45) is 0 Å². The standard InChI is InChI=1S/C27H45BN4O4/c1-20-21(19-30-11-9-29-10-12-30)17-22(18-23(20)28-35-26(5,6)27(7,8)36-28)31-13-15-32(16-14-31)24(33)34-25(2,3)4/h17-18,29H,9-16,19H2,1-8H3. The molecular weight excluding hydrogens is 455 g/mol. The molecule has 3 saturated heterocycles. The summed E-state index contributed by atoms with van der Waals surface area (Å²) in [5.74, 6) is 0. The predicted octanol–water partition coefficient (Wildman–Crippen LogP) is 2.76. The molecule has 9 heteroatoms. The van der Waals surface area contributed by atoms with Crippen LogP contribution in [-0.2, 0) is 20.6 Å². The summed E-state index contributed by atoms with van der Waals surface area (Å²) in [6.45, 7) is 24.2. The van der Waals surface area contributed by atoms with Crippen molar-refractivity contribution in [3.63, 3.8) is 0 Å². The summed E-state index contributed by atoms with van der Waals surface area (Å²) in [6, 6.07) is 4.57. The molecule has 3 aliphatic rings. The first kappa shape index (κ1) is 27.2. The first-order chi connectivity index (χ1) is 16.8. The molecule has 3 fully saturated rings. The zero-order valence-electron chi connectivity index (χ0n) is 23.6. The third-order valence-electron chi connectivity index (χ3n) is 7.95. The molecule has 0 aliphatic carbocycles. The van der Waals surface area contributed by atoms with Crippen LogP contribution in [0.1, 0.15) is 59.6 Å². The van der Waals surface area contributed by atoms with E-state index in [4.69, 9.17) is 14.0 Å². The van der Waals surface area contributed by atoms with Gasteiger partial charge in [0.2, 0.25) is 0 Å². The summed E-state index contributed by atoms with van der Waals surface area (Å²) in [6.07, 6.45) is -0.233. The van der Waals surface area contributed by atoms with Crippen LogP contribution in [0.3, 0.4) is 0 Å².